The minimum atomic E-state index is 0.0526. The van der Waals surface area contributed by atoms with Crippen LogP contribution < -0.4 is 10.2 Å². The SMILES string of the molecule is CC(C)N1Cc2nc(N3CCNCC3)ncc2C1=O. The summed E-state index contributed by atoms with van der Waals surface area (Å²) in [7, 11) is 0. The van der Waals surface area contributed by atoms with Gasteiger partial charge in [0.25, 0.3) is 5.91 Å². The van der Waals surface area contributed by atoms with Gasteiger partial charge in [-0.2, -0.15) is 0 Å². The molecule has 3 rings (SSSR count). The standard InChI is InChI=1S/C13H19N5O/c1-9(2)18-8-11-10(12(18)19)7-15-13(16-11)17-5-3-14-4-6-17/h7,9,14H,3-6,8H2,1-2H3. The molecule has 1 fully saturated rings. The van der Waals surface area contributed by atoms with Crippen molar-refractivity contribution in [3.63, 3.8) is 0 Å². The fourth-order valence-electron chi connectivity index (χ4n) is 2.53. The number of nitrogens with one attached hydrogen (secondary N) is 1. The molecule has 6 nitrogen and oxygen atoms in total. The van der Waals surface area contributed by atoms with E-state index in [1.165, 1.54) is 0 Å². The monoisotopic (exact) mass is 261 g/mol. The topological polar surface area (TPSA) is 61.4 Å². The maximum atomic E-state index is 12.1. The summed E-state index contributed by atoms with van der Waals surface area (Å²) in [4.78, 5) is 25.1. The van der Waals surface area contributed by atoms with Crippen LogP contribution >= 0.6 is 0 Å². The smallest absolute Gasteiger partial charge is 0.257 e. The van der Waals surface area contributed by atoms with Gasteiger partial charge in [0.1, 0.15) is 0 Å². The Morgan fingerprint density at radius 2 is 2.05 bits per heavy atom. The lowest BCUT2D eigenvalue weighted by atomic mass is 10.2. The fourth-order valence-corrected chi connectivity index (χ4v) is 2.53. The highest BCUT2D eigenvalue weighted by Crippen LogP contribution is 2.24. The molecule has 1 N–H and O–H groups in total. The highest BCUT2D eigenvalue weighted by Gasteiger charge is 2.31. The number of carbonyl (C=O) groups excluding carboxylic acids is 1. The van der Waals surface area contributed by atoms with Crippen molar-refractivity contribution in [1.82, 2.24) is 20.2 Å². The van der Waals surface area contributed by atoms with E-state index in [0.717, 1.165) is 37.8 Å². The summed E-state index contributed by atoms with van der Waals surface area (Å²) in [6, 6.07) is 0.198. The van der Waals surface area contributed by atoms with Crippen molar-refractivity contribution in [1.29, 1.82) is 0 Å². The summed E-state index contributed by atoms with van der Waals surface area (Å²) in [5, 5.41) is 3.31. The molecule has 1 saturated heterocycles. The molecule has 0 spiro atoms. The second-order valence-electron chi connectivity index (χ2n) is 5.29. The third kappa shape index (κ3) is 2.16. The molecule has 1 amide bonds. The molecule has 3 heterocycles. The van der Waals surface area contributed by atoms with Crippen LogP contribution in [0, 0.1) is 0 Å². The molecule has 0 radical (unpaired) electrons. The van der Waals surface area contributed by atoms with Crippen LogP contribution in [-0.2, 0) is 6.54 Å². The highest BCUT2D eigenvalue weighted by molar-refractivity contribution is 5.97. The number of anilines is 1. The Morgan fingerprint density at radius 1 is 1.32 bits per heavy atom. The molecular weight excluding hydrogens is 242 g/mol. The summed E-state index contributed by atoms with van der Waals surface area (Å²) in [5.74, 6) is 0.801. The zero-order valence-electron chi connectivity index (χ0n) is 11.4. The number of hydrogen-bond acceptors (Lipinski definition) is 5. The third-order valence-corrected chi connectivity index (χ3v) is 3.69. The van der Waals surface area contributed by atoms with Crippen molar-refractivity contribution < 1.29 is 4.79 Å². The van der Waals surface area contributed by atoms with Gasteiger partial charge in [0.2, 0.25) is 5.95 Å². The normalized spacial score (nSPS) is 19.2. The Balaban J connectivity index is 1.86. The van der Waals surface area contributed by atoms with E-state index in [9.17, 15) is 4.79 Å². The maximum Gasteiger partial charge on any atom is 0.257 e. The predicted molar refractivity (Wildman–Crippen MR) is 72.1 cm³/mol. The van der Waals surface area contributed by atoms with Crippen molar-refractivity contribution in [2.24, 2.45) is 0 Å². The van der Waals surface area contributed by atoms with E-state index in [1.54, 1.807) is 6.20 Å². The lowest BCUT2D eigenvalue weighted by Gasteiger charge is -2.27. The van der Waals surface area contributed by atoms with Gasteiger partial charge < -0.3 is 15.1 Å². The number of rotatable bonds is 2. The van der Waals surface area contributed by atoms with Crippen molar-refractivity contribution in [3.05, 3.63) is 17.5 Å². The maximum absolute atomic E-state index is 12.1. The van der Waals surface area contributed by atoms with E-state index in [2.05, 4.69) is 20.2 Å². The zero-order valence-corrected chi connectivity index (χ0v) is 11.4. The Labute approximate surface area is 112 Å². The first-order chi connectivity index (χ1) is 9.16. The minimum absolute atomic E-state index is 0.0526. The van der Waals surface area contributed by atoms with Crippen molar-refractivity contribution in [3.8, 4) is 0 Å². The molecule has 0 bridgehead atoms. The minimum Gasteiger partial charge on any atom is -0.338 e. The van der Waals surface area contributed by atoms with E-state index in [0.29, 0.717) is 12.1 Å². The summed E-state index contributed by atoms with van der Waals surface area (Å²) in [6.07, 6.45) is 1.68. The van der Waals surface area contributed by atoms with Crippen molar-refractivity contribution in [2.45, 2.75) is 26.4 Å². The van der Waals surface area contributed by atoms with Gasteiger partial charge >= 0.3 is 0 Å². The molecule has 19 heavy (non-hydrogen) atoms. The molecular formula is C13H19N5O. The van der Waals surface area contributed by atoms with Gasteiger partial charge in [0.15, 0.2) is 0 Å². The quantitative estimate of drug-likeness (QED) is 0.827. The van der Waals surface area contributed by atoms with Crippen LogP contribution in [0.4, 0.5) is 5.95 Å². The Morgan fingerprint density at radius 3 is 2.74 bits per heavy atom. The molecule has 1 aromatic rings. The molecule has 102 valence electrons. The molecule has 6 heteroatoms. The van der Waals surface area contributed by atoms with Crippen LogP contribution in [-0.4, -0.2) is 53.0 Å². The van der Waals surface area contributed by atoms with Gasteiger partial charge in [-0.15, -0.1) is 0 Å². The third-order valence-electron chi connectivity index (χ3n) is 3.69. The van der Waals surface area contributed by atoms with Gasteiger partial charge in [-0.25, -0.2) is 9.97 Å². The molecule has 1 aromatic heterocycles. The Kier molecular flexibility index (Phi) is 3.10. The van der Waals surface area contributed by atoms with Gasteiger partial charge in [-0.3, -0.25) is 4.79 Å². The fraction of sp³-hybridized carbons (Fsp3) is 0.615. The number of piperazine rings is 1. The highest BCUT2D eigenvalue weighted by atomic mass is 16.2. The molecule has 2 aliphatic rings. The summed E-state index contributed by atoms with van der Waals surface area (Å²) in [6.45, 7) is 8.40. The first-order valence-electron chi connectivity index (χ1n) is 6.79. The molecule has 0 atom stereocenters. The molecule has 0 saturated carbocycles. The van der Waals surface area contributed by atoms with Crippen molar-refractivity contribution in [2.75, 3.05) is 31.1 Å². The van der Waals surface area contributed by atoms with Gasteiger partial charge in [0, 0.05) is 38.4 Å². The molecule has 0 aliphatic carbocycles. The average Bonchev–Trinajstić information content (AvgIpc) is 2.77. The molecule has 2 aliphatic heterocycles. The second kappa shape index (κ2) is 4.77. The second-order valence-corrected chi connectivity index (χ2v) is 5.29. The van der Waals surface area contributed by atoms with Gasteiger partial charge in [-0.1, -0.05) is 0 Å². The van der Waals surface area contributed by atoms with E-state index in [1.807, 2.05) is 18.7 Å². The van der Waals surface area contributed by atoms with Gasteiger partial charge in [-0.05, 0) is 13.8 Å². The lowest BCUT2D eigenvalue weighted by molar-refractivity contribution is 0.0730. The van der Waals surface area contributed by atoms with Crippen molar-refractivity contribution >= 4 is 11.9 Å². The van der Waals surface area contributed by atoms with E-state index >= 15 is 0 Å². The number of hydrogen-bond donors (Lipinski definition) is 1. The van der Waals surface area contributed by atoms with E-state index in [-0.39, 0.29) is 11.9 Å². The largest absolute Gasteiger partial charge is 0.338 e. The van der Waals surface area contributed by atoms with E-state index < -0.39 is 0 Å². The number of amides is 1. The average molecular weight is 261 g/mol. The number of aromatic nitrogens is 2. The van der Waals surface area contributed by atoms with Crippen LogP contribution in [0.25, 0.3) is 0 Å². The number of fused-ring (bicyclic) bond motifs is 1. The van der Waals surface area contributed by atoms with Crippen LogP contribution in [0.3, 0.4) is 0 Å². The first kappa shape index (κ1) is 12.3. The molecule has 0 aromatic carbocycles. The van der Waals surface area contributed by atoms with Crippen LogP contribution in [0.2, 0.25) is 0 Å². The summed E-state index contributed by atoms with van der Waals surface area (Å²) >= 11 is 0. The van der Waals surface area contributed by atoms with Crippen LogP contribution in [0.5, 0.6) is 0 Å². The van der Waals surface area contributed by atoms with Gasteiger partial charge in [0.05, 0.1) is 17.8 Å². The van der Waals surface area contributed by atoms with Crippen LogP contribution in [0.15, 0.2) is 6.20 Å². The summed E-state index contributed by atoms with van der Waals surface area (Å²) < 4.78 is 0. The van der Waals surface area contributed by atoms with E-state index in [4.69, 9.17) is 0 Å². The number of nitrogens with zero attached hydrogens (tertiary/aromatic N) is 4. The summed E-state index contributed by atoms with van der Waals surface area (Å²) in [5.41, 5.74) is 1.52. The first-order valence-corrected chi connectivity index (χ1v) is 6.79. The Hall–Kier alpha value is -1.69. The Bertz CT molecular complexity index is 496. The lowest BCUT2D eigenvalue weighted by Crippen LogP contribution is -2.44. The predicted octanol–water partition coefficient (Wildman–Crippen LogP) is 0.250. The number of carbonyl (C=O) groups is 1. The molecule has 0 unspecified atom stereocenters. The van der Waals surface area contributed by atoms with Crippen LogP contribution in [0.1, 0.15) is 29.9 Å². The zero-order chi connectivity index (χ0) is 13.4.